The second-order valence-electron chi connectivity index (χ2n) is 7.66. The van der Waals surface area contributed by atoms with Crippen LogP contribution in [0.25, 0.3) is 0 Å². The van der Waals surface area contributed by atoms with Crippen LogP contribution in [0.3, 0.4) is 0 Å². The van der Waals surface area contributed by atoms with E-state index in [4.69, 9.17) is 9.47 Å². The van der Waals surface area contributed by atoms with E-state index >= 15 is 0 Å². The van der Waals surface area contributed by atoms with E-state index in [-0.39, 0.29) is 11.1 Å². The number of phenolic OH excluding ortho intramolecular Hbond substituents is 3. The van der Waals surface area contributed by atoms with Gasteiger partial charge in [-0.2, -0.15) is 0 Å². The summed E-state index contributed by atoms with van der Waals surface area (Å²) in [6, 6.07) is 3.52. The summed E-state index contributed by atoms with van der Waals surface area (Å²) in [7, 11) is 0. The van der Waals surface area contributed by atoms with Crippen LogP contribution in [0.4, 0.5) is 0 Å². The molecule has 2 aliphatic rings. The molecule has 1 saturated heterocycles. The van der Waals surface area contributed by atoms with Gasteiger partial charge in [0.1, 0.15) is 29.8 Å². The molecule has 1 heterocycles. The number of ether oxygens (including phenoxy) is 2. The predicted molar refractivity (Wildman–Crippen MR) is 102 cm³/mol. The van der Waals surface area contributed by atoms with Gasteiger partial charge in [0.2, 0.25) is 12.1 Å². The molecule has 5 atom stereocenters. The summed E-state index contributed by atoms with van der Waals surface area (Å²) in [6.07, 6.45) is -7.27. The molecular formula is C21H20O10. The van der Waals surface area contributed by atoms with Crippen molar-refractivity contribution in [3.63, 3.8) is 0 Å². The van der Waals surface area contributed by atoms with Crippen LogP contribution >= 0.6 is 0 Å². The summed E-state index contributed by atoms with van der Waals surface area (Å²) < 4.78 is 10.9. The molecule has 0 aromatic heterocycles. The maximum Gasteiger partial charge on any atom is 0.229 e. The summed E-state index contributed by atoms with van der Waals surface area (Å²) in [4.78, 5) is 26.2. The second kappa shape index (κ2) is 7.20. The average molecular weight is 432 g/mol. The molecule has 10 heteroatoms. The molecule has 1 aliphatic carbocycles. The van der Waals surface area contributed by atoms with E-state index in [1.807, 2.05) is 0 Å². The molecular weight excluding hydrogens is 412 g/mol. The van der Waals surface area contributed by atoms with E-state index in [0.717, 1.165) is 6.07 Å². The number of aryl methyl sites for hydroxylation is 1. The number of ketones is 2. The second-order valence-corrected chi connectivity index (χ2v) is 7.66. The molecule has 10 nitrogen and oxygen atoms in total. The van der Waals surface area contributed by atoms with Crippen LogP contribution in [0.2, 0.25) is 0 Å². The Balaban J connectivity index is 1.85. The van der Waals surface area contributed by atoms with Crippen LogP contribution in [0.1, 0.15) is 44.3 Å². The number of benzene rings is 2. The molecule has 0 saturated carbocycles. The number of carbonyl (C=O) groups is 2. The SMILES string of the molecule is Cc1cc(O)c2c(c1)C(=O)c1c(O)c(O)cc(OC3OC(C)C(O)C(O)C3O)c1C2=O. The summed E-state index contributed by atoms with van der Waals surface area (Å²) in [5, 5.41) is 60.7. The number of aromatic hydroxyl groups is 3. The van der Waals surface area contributed by atoms with Crippen molar-refractivity contribution in [3.05, 3.63) is 46.0 Å². The molecule has 0 spiro atoms. The Morgan fingerprint density at radius 1 is 0.839 bits per heavy atom. The number of hydrogen-bond acceptors (Lipinski definition) is 10. The van der Waals surface area contributed by atoms with Crippen LogP contribution in [-0.2, 0) is 4.74 Å². The largest absolute Gasteiger partial charge is 0.507 e. The zero-order chi connectivity index (χ0) is 22.8. The summed E-state index contributed by atoms with van der Waals surface area (Å²) in [5.74, 6) is -4.16. The van der Waals surface area contributed by atoms with E-state index in [0.29, 0.717) is 5.56 Å². The maximum absolute atomic E-state index is 13.2. The van der Waals surface area contributed by atoms with Crippen LogP contribution < -0.4 is 4.74 Å². The third-order valence-corrected chi connectivity index (χ3v) is 5.48. The fourth-order valence-electron chi connectivity index (χ4n) is 3.85. The van der Waals surface area contributed by atoms with Crippen LogP contribution in [0, 0.1) is 6.92 Å². The zero-order valence-corrected chi connectivity index (χ0v) is 16.4. The highest BCUT2D eigenvalue weighted by molar-refractivity contribution is 6.31. The minimum absolute atomic E-state index is 0.150. The van der Waals surface area contributed by atoms with Crippen molar-refractivity contribution in [1.82, 2.24) is 0 Å². The lowest BCUT2D eigenvalue weighted by molar-refractivity contribution is -0.268. The number of fused-ring (bicyclic) bond motifs is 2. The quantitative estimate of drug-likeness (QED) is 0.305. The molecule has 1 fully saturated rings. The Morgan fingerprint density at radius 3 is 2.19 bits per heavy atom. The lowest BCUT2D eigenvalue weighted by atomic mass is 9.81. The van der Waals surface area contributed by atoms with Gasteiger partial charge >= 0.3 is 0 Å². The number of aliphatic hydroxyl groups excluding tert-OH is 3. The van der Waals surface area contributed by atoms with Gasteiger partial charge in [-0.25, -0.2) is 0 Å². The first-order chi connectivity index (χ1) is 14.5. The highest BCUT2D eigenvalue weighted by atomic mass is 16.7. The molecule has 1 aliphatic heterocycles. The molecule has 0 bridgehead atoms. The van der Waals surface area contributed by atoms with Crippen molar-refractivity contribution < 1.29 is 49.7 Å². The first-order valence-electron chi connectivity index (χ1n) is 9.41. The van der Waals surface area contributed by atoms with Gasteiger partial charge in [-0.15, -0.1) is 0 Å². The van der Waals surface area contributed by atoms with Crippen molar-refractivity contribution in [2.45, 2.75) is 44.6 Å². The van der Waals surface area contributed by atoms with Gasteiger partial charge in [-0.1, -0.05) is 0 Å². The molecule has 31 heavy (non-hydrogen) atoms. The Morgan fingerprint density at radius 2 is 1.52 bits per heavy atom. The number of hydrogen-bond donors (Lipinski definition) is 6. The fourth-order valence-corrected chi connectivity index (χ4v) is 3.85. The first kappa shape index (κ1) is 21.1. The van der Waals surface area contributed by atoms with Crippen molar-refractivity contribution in [3.8, 4) is 23.0 Å². The number of rotatable bonds is 2. The Bertz CT molecular complexity index is 1110. The lowest BCUT2D eigenvalue weighted by Crippen LogP contribution is -2.58. The molecule has 164 valence electrons. The van der Waals surface area contributed by atoms with Crippen molar-refractivity contribution in [2.24, 2.45) is 0 Å². The van der Waals surface area contributed by atoms with Gasteiger partial charge in [-0.05, 0) is 31.5 Å². The summed E-state index contributed by atoms with van der Waals surface area (Å²) in [5.41, 5.74) is -0.931. The number of carbonyl (C=O) groups excluding carboxylic acids is 2. The van der Waals surface area contributed by atoms with Gasteiger partial charge in [0.25, 0.3) is 0 Å². The maximum atomic E-state index is 13.2. The van der Waals surface area contributed by atoms with Crippen LogP contribution in [-0.4, -0.2) is 72.9 Å². The topological polar surface area (TPSA) is 174 Å². The lowest BCUT2D eigenvalue weighted by Gasteiger charge is -2.39. The standard InChI is InChI=1S/C21H20O10/c1-6-3-8-12(9(22)4-6)18(27)13-11(5-10(23)17(26)14(13)16(8)25)31-21-20(29)19(28)15(24)7(2)30-21/h3-5,7,15,19-24,26,28-29H,1-2H3. The van der Waals surface area contributed by atoms with E-state index in [1.165, 1.54) is 19.1 Å². The minimum Gasteiger partial charge on any atom is -0.507 e. The van der Waals surface area contributed by atoms with Gasteiger partial charge in [0.05, 0.1) is 22.8 Å². The summed E-state index contributed by atoms with van der Waals surface area (Å²) >= 11 is 0. The highest BCUT2D eigenvalue weighted by Gasteiger charge is 2.45. The number of phenols is 3. The first-order valence-corrected chi connectivity index (χ1v) is 9.41. The van der Waals surface area contributed by atoms with Crippen LogP contribution in [0.5, 0.6) is 23.0 Å². The Labute approximate surface area is 175 Å². The fraction of sp³-hybridized carbons (Fsp3) is 0.333. The van der Waals surface area contributed by atoms with E-state index in [2.05, 4.69) is 0 Å². The van der Waals surface area contributed by atoms with Crippen molar-refractivity contribution in [1.29, 1.82) is 0 Å². The van der Waals surface area contributed by atoms with Gasteiger partial charge in [0.15, 0.2) is 17.3 Å². The van der Waals surface area contributed by atoms with Crippen molar-refractivity contribution >= 4 is 11.6 Å². The molecule has 6 N–H and O–H groups in total. The number of aliphatic hydroxyl groups is 3. The Hall–Kier alpha value is -3.18. The monoisotopic (exact) mass is 432 g/mol. The van der Waals surface area contributed by atoms with E-state index < -0.39 is 76.4 Å². The molecule has 0 radical (unpaired) electrons. The molecule has 4 rings (SSSR count). The third kappa shape index (κ3) is 3.12. The highest BCUT2D eigenvalue weighted by Crippen LogP contribution is 2.45. The van der Waals surface area contributed by atoms with E-state index in [9.17, 15) is 40.2 Å². The normalized spacial score (nSPS) is 27.6. The van der Waals surface area contributed by atoms with Gasteiger partial charge in [-0.3, -0.25) is 9.59 Å². The van der Waals surface area contributed by atoms with E-state index in [1.54, 1.807) is 6.92 Å². The van der Waals surface area contributed by atoms with Crippen molar-refractivity contribution in [2.75, 3.05) is 0 Å². The summed E-state index contributed by atoms with van der Waals surface area (Å²) in [6.45, 7) is 3.03. The molecule has 0 amide bonds. The average Bonchev–Trinajstić information content (AvgIpc) is 2.70. The molecule has 2 aromatic carbocycles. The zero-order valence-electron chi connectivity index (χ0n) is 16.4. The van der Waals surface area contributed by atoms with Gasteiger partial charge in [0, 0.05) is 11.6 Å². The molecule has 5 unspecified atom stereocenters. The smallest absolute Gasteiger partial charge is 0.229 e. The Kier molecular flexibility index (Phi) is 4.90. The van der Waals surface area contributed by atoms with Gasteiger partial charge < -0.3 is 40.1 Å². The predicted octanol–water partition coefficient (Wildman–Crippen LogP) is 0.0935. The molecule has 2 aromatic rings. The van der Waals surface area contributed by atoms with Crippen LogP contribution in [0.15, 0.2) is 18.2 Å². The third-order valence-electron chi connectivity index (χ3n) is 5.48. The minimum atomic E-state index is -1.73.